The molecule has 1 unspecified atom stereocenters. The minimum Gasteiger partial charge on any atom is -0.480 e. The highest BCUT2D eigenvalue weighted by molar-refractivity contribution is 5.96. The van der Waals surface area contributed by atoms with Crippen molar-refractivity contribution in [3.63, 3.8) is 0 Å². The number of hydrogen-bond donors (Lipinski definition) is 2. The summed E-state index contributed by atoms with van der Waals surface area (Å²) in [6.45, 7) is 2.02. The molecule has 0 fully saturated rings. The summed E-state index contributed by atoms with van der Waals surface area (Å²) in [6.07, 6.45) is 1.78. The molecular weight excluding hydrogens is 276 g/mol. The third-order valence-electron chi connectivity index (χ3n) is 3.05. The number of nitrogens with one attached hydrogen (secondary N) is 1. The van der Waals surface area contributed by atoms with Gasteiger partial charge in [-0.3, -0.25) is 9.20 Å². The average molecular weight is 292 g/mol. The molecule has 2 aromatic rings. The molecule has 0 bridgehead atoms. The first-order valence-corrected chi connectivity index (χ1v) is 6.37. The number of fused-ring (bicyclic) bond motifs is 1. The first kappa shape index (κ1) is 14.9. The molecule has 2 aromatic heterocycles. The number of pyridine rings is 1. The lowest BCUT2D eigenvalue weighted by Gasteiger charge is -2.14. The molecule has 2 heterocycles. The molecular formula is C13H16N4O4. The highest BCUT2D eigenvalue weighted by atomic mass is 16.5. The van der Waals surface area contributed by atoms with Crippen LogP contribution in [0.1, 0.15) is 22.6 Å². The van der Waals surface area contributed by atoms with E-state index < -0.39 is 17.9 Å². The third kappa shape index (κ3) is 3.34. The number of ether oxygens (including phenoxy) is 1. The van der Waals surface area contributed by atoms with E-state index in [1.165, 1.54) is 7.11 Å². The Morgan fingerprint density at radius 2 is 2.19 bits per heavy atom. The van der Waals surface area contributed by atoms with Gasteiger partial charge in [0.2, 0.25) is 0 Å². The second-order valence-corrected chi connectivity index (χ2v) is 4.54. The Morgan fingerprint density at radius 3 is 2.86 bits per heavy atom. The molecule has 2 N–H and O–H groups in total. The number of nitrogens with zero attached hydrogens (tertiary/aromatic N) is 3. The van der Waals surface area contributed by atoms with Crippen LogP contribution in [0.25, 0.3) is 5.65 Å². The number of carboxylic acid groups (broad SMARTS) is 1. The van der Waals surface area contributed by atoms with Crippen LogP contribution in [-0.2, 0) is 9.53 Å². The standard InChI is InChI=1S/C13H16N4O4/c1-8-15-16-11-4-3-9(7-17(8)11)12(18)14-10(13(19)20)5-6-21-2/h3-4,7,10H,5-6H2,1-2H3,(H,14,18)(H,19,20). The maximum atomic E-state index is 12.1. The predicted molar refractivity (Wildman–Crippen MR) is 73.1 cm³/mol. The fraction of sp³-hybridized carbons (Fsp3) is 0.385. The summed E-state index contributed by atoms with van der Waals surface area (Å²) < 4.78 is 6.50. The maximum absolute atomic E-state index is 12.1. The number of aromatic nitrogens is 3. The summed E-state index contributed by atoms with van der Waals surface area (Å²) in [5.74, 6) is -0.913. The van der Waals surface area contributed by atoms with Crippen LogP contribution in [-0.4, -0.2) is 51.3 Å². The summed E-state index contributed by atoms with van der Waals surface area (Å²) in [5, 5.41) is 19.4. The summed E-state index contributed by atoms with van der Waals surface area (Å²) in [4.78, 5) is 23.2. The number of amides is 1. The molecule has 2 rings (SSSR count). The van der Waals surface area contributed by atoms with Gasteiger partial charge in [-0.15, -0.1) is 10.2 Å². The minimum atomic E-state index is -1.10. The Hall–Kier alpha value is -2.48. The fourth-order valence-electron chi connectivity index (χ4n) is 1.87. The Morgan fingerprint density at radius 1 is 1.43 bits per heavy atom. The molecule has 0 aliphatic carbocycles. The number of hydrogen-bond acceptors (Lipinski definition) is 5. The van der Waals surface area contributed by atoms with Gasteiger partial charge in [-0.1, -0.05) is 0 Å². The van der Waals surface area contributed by atoms with Crippen LogP contribution in [0.4, 0.5) is 0 Å². The normalized spacial score (nSPS) is 12.3. The summed E-state index contributed by atoms with van der Waals surface area (Å²) in [6, 6.07) is 2.24. The summed E-state index contributed by atoms with van der Waals surface area (Å²) in [7, 11) is 1.48. The monoisotopic (exact) mass is 292 g/mol. The summed E-state index contributed by atoms with van der Waals surface area (Å²) in [5.41, 5.74) is 0.965. The van der Waals surface area contributed by atoms with E-state index in [1.54, 1.807) is 29.7 Å². The van der Waals surface area contributed by atoms with Crippen molar-refractivity contribution in [3.05, 3.63) is 29.7 Å². The molecule has 0 aliphatic rings. The first-order chi connectivity index (χ1) is 10.0. The molecule has 8 nitrogen and oxygen atoms in total. The van der Waals surface area contributed by atoms with Gasteiger partial charge < -0.3 is 15.2 Å². The highest BCUT2D eigenvalue weighted by Gasteiger charge is 2.20. The van der Waals surface area contributed by atoms with E-state index in [-0.39, 0.29) is 13.0 Å². The molecule has 0 aliphatic heterocycles. The van der Waals surface area contributed by atoms with Crippen LogP contribution >= 0.6 is 0 Å². The van der Waals surface area contributed by atoms with Crippen LogP contribution < -0.4 is 5.32 Å². The number of rotatable bonds is 6. The van der Waals surface area contributed by atoms with Crippen molar-refractivity contribution in [3.8, 4) is 0 Å². The second kappa shape index (κ2) is 6.31. The van der Waals surface area contributed by atoms with E-state index in [9.17, 15) is 9.59 Å². The van der Waals surface area contributed by atoms with Gasteiger partial charge in [-0.2, -0.15) is 0 Å². The Labute approximate surface area is 120 Å². The predicted octanol–water partition coefficient (Wildman–Crippen LogP) is 0.257. The van der Waals surface area contributed by atoms with Gasteiger partial charge in [0.1, 0.15) is 11.9 Å². The van der Waals surface area contributed by atoms with E-state index in [0.717, 1.165) is 0 Å². The second-order valence-electron chi connectivity index (χ2n) is 4.54. The third-order valence-corrected chi connectivity index (χ3v) is 3.05. The molecule has 0 spiro atoms. The van der Waals surface area contributed by atoms with Crippen molar-refractivity contribution < 1.29 is 19.4 Å². The first-order valence-electron chi connectivity index (χ1n) is 6.37. The Kier molecular flexibility index (Phi) is 4.49. The number of aliphatic carboxylic acids is 1. The number of carbonyl (C=O) groups excluding carboxylic acids is 1. The van der Waals surface area contributed by atoms with Crippen LogP contribution in [0, 0.1) is 6.92 Å². The quantitative estimate of drug-likeness (QED) is 0.791. The summed E-state index contributed by atoms with van der Waals surface area (Å²) >= 11 is 0. The van der Waals surface area contributed by atoms with Gasteiger partial charge in [-0.25, -0.2) is 4.79 Å². The van der Waals surface area contributed by atoms with Gasteiger partial charge in [0.15, 0.2) is 5.65 Å². The van der Waals surface area contributed by atoms with Crippen molar-refractivity contribution in [2.75, 3.05) is 13.7 Å². The fourth-order valence-corrected chi connectivity index (χ4v) is 1.87. The SMILES string of the molecule is COCCC(NC(=O)c1ccc2nnc(C)n2c1)C(=O)O. The van der Waals surface area contributed by atoms with Crippen LogP contribution in [0.2, 0.25) is 0 Å². The van der Waals surface area contributed by atoms with E-state index in [4.69, 9.17) is 9.84 Å². The molecule has 0 radical (unpaired) electrons. The van der Waals surface area contributed by atoms with E-state index in [1.807, 2.05) is 0 Å². The van der Waals surface area contributed by atoms with Crippen molar-refractivity contribution >= 4 is 17.5 Å². The molecule has 0 saturated carbocycles. The lowest BCUT2D eigenvalue weighted by Crippen LogP contribution is -2.41. The zero-order chi connectivity index (χ0) is 15.4. The molecule has 8 heteroatoms. The molecule has 1 atom stereocenters. The Bertz CT molecular complexity index is 667. The van der Waals surface area contributed by atoms with Gasteiger partial charge in [0.25, 0.3) is 5.91 Å². The largest absolute Gasteiger partial charge is 0.480 e. The molecule has 21 heavy (non-hydrogen) atoms. The zero-order valence-electron chi connectivity index (χ0n) is 11.7. The minimum absolute atomic E-state index is 0.200. The van der Waals surface area contributed by atoms with Crippen LogP contribution in [0.15, 0.2) is 18.3 Å². The van der Waals surface area contributed by atoms with Gasteiger partial charge in [-0.05, 0) is 19.1 Å². The Balaban J connectivity index is 2.16. The van der Waals surface area contributed by atoms with Crippen molar-refractivity contribution in [2.45, 2.75) is 19.4 Å². The average Bonchev–Trinajstić information content (AvgIpc) is 2.84. The van der Waals surface area contributed by atoms with Gasteiger partial charge in [0, 0.05) is 26.3 Å². The number of methoxy groups -OCH3 is 1. The van der Waals surface area contributed by atoms with Crippen molar-refractivity contribution in [1.82, 2.24) is 19.9 Å². The van der Waals surface area contributed by atoms with E-state index >= 15 is 0 Å². The number of carbonyl (C=O) groups is 2. The molecule has 1 amide bonds. The topological polar surface area (TPSA) is 106 Å². The van der Waals surface area contributed by atoms with Crippen molar-refractivity contribution in [1.29, 1.82) is 0 Å². The highest BCUT2D eigenvalue weighted by Crippen LogP contribution is 2.07. The number of aryl methyl sites for hydroxylation is 1. The lowest BCUT2D eigenvalue weighted by atomic mass is 10.2. The molecule has 0 aromatic carbocycles. The zero-order valence-corrected chi connectivity index (χ0v) is 11.7. The van der Waals surface area contributed by atoms with Crippen LogP contribution in [0.5, 0.6) is 0 Å². The van der Waals surface area contributed by atoms with E-state index in [0.29, 0.717) is 17.0 Å². The maximum Gasteiger partial charge on any atom is 0.326 e. The molecule has 112 valence electrons. The van der Waals surface area contributed by atoms with E-state index in [2.05, 4.69) is 15.5 Å². The van der Waals surface area contributed by atoms with Crippen molar-refractivity contribution in [2.24, 2.45) is 0 Å². The smallest absolute Gasteiger partial charge is 0.326 e. The molecule has 0 saturated heterocycles. The van der Waals surface area contributed by atoms with Gasteiger partial charge >= 0.3 is 5.97 Å². The number of carboxylic acids is 1. The van der Waals surface area contributed by atoms with Crippen LogP contribution in [0.3, 0.4) is 0 Å². The lowest BCUT2D eigenvalue weighted by molar-refractivity contribution is -0.139. The van der Waals surface area contributed by atoms with Gasteiger partial charge in [0.05, 0.1) is 5.56 Å².